The Morgan fingerprint density at radius 2 is 0.672 bits per heavy atom. The number of anilines is 3. The molecule has 0 atom stereocenters. The average Bonchev–Trinajstić information content (AvgIpc) is 1.63. The number of amidine groups is 3. The van der Waals surface area contributed by atoms with E-state index in [1.54, 1.807) is 0 Å². The Bertz CT molecular complexity index is 5060. The summed E-state index contributed by atoms with van der Waals surface area (Å²) in [6, 6.07) is 41.3. The van der Waals surface area contributed by atoms with Gasteiger partial charge in [-0.05, 0) is 382 Å². The third kappa shape index (κ3) is 25.5. The number of rotatable bonds is 20. The summed E-state index contributed by atoms with van der Waals surface area (Å²) in [7, 11) is 0. The molecule has 131 heavy (non-hydrogen) atoms. The summed E-state index contributed by atoms with van der Waals surface area (Å²) in [5.41, 5.74) is 11.7. The van der Waals surface area contributed by atoms with Gasteiger partial charge in [0, 0.05) is 127 Å². The van der Waals surface area contributed by atoms with Crippen LogP contribution in [0.3, 0.4) is 0 Å². The molecule has 3 aliphatic carbocycles. The van der Waals surface area contributed by atoms with Gasteiger partial charge >= 0.3 is 0 Å². The Kier molecular flexibility index (Phi) is 31.5. The molecular weight excluding hydrogens is 1640 g/mol. The molecule has 10 aliphatic rings. The number of aliphatic hydroxyl groups excluding tert-OH is 1. The molecule has 3 saturated carbocycles. The van der Waals surface area contributed by atoms with Crippen molar-refractivity contribution in [1.82, 2.24) is 30.2 Å². The number of aliphatic hydroxyl groups is 4. The lowest BCUT2D eigenvalue weighted by molar-refractivity contribution is -0.137. The zero-order chi connectivity index (χ0) is 93.4. The molecule has 23 heteroatoms. The number of carbonyl (C=O) groups is 6. The van der Waals surface area contributed by atoms with Crippen LogP contribution in [-0.2, 0) is 53.3 Å². The second-order valence-corrected chi connectivity index (χ2v) is 43.1. The zero-order valence-electron chi connectivity index (χ0n) is 80.4. The van der Waals surface area contributed by atoms with Gasteiger partial charge in [-0.2, -0.15) is 15.0 Å². The number of piperidine rings is 4. The van der Waals surface area contributed by atoms with Gasteiger partial charge in [0.2, 0.25) is 17.7 Å². The minimum absolute atomic E-state index is 0.0188. The number of nitrogens with zero attached hydrogens (tertiary/aromatic N) is 10. The van der Waals surface area contributed by atoms with Crippen LogP contribution in [0, 0.1) is 55.2 Å². The largest absolute Gasteiger partial charge is 0.394 e. The number of aryl methyl sites for hydroxylation is 2. The van der Waals surface area contributed by atoms with Crippen molar-refractivity contribution in [2.45, 2.75) is 310 Å². The van der Waals surface area contributed by atoms with E-state index in [9.17, 15) is 53.6 Å². The summed E-state index contributed by atoms with van der Waals surface area (Å²) in [5, 5.41) is 47.1. The fourth-order valence-electron chi connectivity index (χ4n) is 21.7. The molecule has 706 valence electrons. The van der Waals surface area contributed by atoms with Crippen molar-refractivity contribution < 1.29 is 53.6 Å². The molecule has 0 bridgehead atoms. The fourth-order valence-corrected chi connectivity index (χ4v) is 21.7. The molecular formula is C108H147FN12O10. The quantitative estimate of drug-likeness (QED) is 0.0415. The number of carbonyl (C=O) groups excluding carboxylic acids is 6. The predicted molar refractivity (Wildman–Crippen MR) is 520 cm³/mol. The van der Waals surface area contributed by atoms with Crippen molar-refractivity contribution in [3.63, 3.8) is 0 Å². The van der Waals surface area contributed by atoms with Crippen LogP contribution in [0.15, 0.2) is 142 Å². The van der Waals surface area contributed by atoms with E-state index >= 15 is 0 Å². The van der Waals surface area contributed by atoms with Gasteiger partial charge in [0.1, 0.15) is 23.3 Å². The van der Waals surface area contributed by atoms with Crippen LogP contribution < -0.4 is 25.3 Å². The Morgan fingerprint density at radius 1 is 0.374 bits per heavy atom. The van der Waals surface area contributed by atoms with E-state index in [-0.39, 0.29) is 71.7 Å². The molecule has 6 aromatic rings. The topological polar surface area (TPSA) is 267 Å². The zero-order valence-corrected chi connectivity index (χ0v) is 80.4. The number of benzene rings is 6. The third-order valence-corrected chi connectivity index (χ3v) is 29.8. The summed E-state index contributed by atoms with van der Waals surface area (Å²) in [6.45, 7) is 35.3. The highest BCUT2D eigenvalue weighted by Gasteiger charge is 2.43. The summed E-state index contributed by atoms with van der Waals surface area (Å²) < 4.78 is 13.5. The van der Waals surface area contributed by atoms with Crippen LogP contribution in [0.4, 0.5) is 21.5 Å². The molecule has 7 fully saturated rings. The highest BCUT2D eigenvalue weighted by Crippen LogP contribution is 2.44. The van der Waals surface area contributed by atoms with Gasteiger partial charge in [-0.25, -0.2) is 4.39 Å². The van der Waals surface area contributed by atoms with Gasteiger partial charge in [-0.15, -0.1) is 0 Å². The number of amides is 6. The lowest BCUT2D eigenvalue weighted by Gasteiger charge is -2.38. The van der Waals surface area contributed by atoms with Crippen LogP contribution in [0.5, 0.6) is 0 Å². The second-order valence-electron chi connectivity index (χ2n) is 43.1. The van der Waals surface area contributed by atoms with Crippen molar-refractivity contribution in [2.75, 3.05) is 73.7 Å². The molecule has 6 aromatic carbocycles. The smallest absolute Gasteiger partial charge is 0.278 e. The van der Waals surface area contributed by atoms with Crippen molar-refractivity contribution in [2.24, 2.45) is 50.5 Å². The van der Waals surface area contributed by atoms with Crippen molar-refractivity contribution in [1.29, 1.82) is 0 Å². The molecule has 6 amide bonds. The lowest BCUT2D eigenvalue weighted by atomic mass is 9.83. The first kappa shape index (κ1) is 97.8. The number of hydrogen-bond donors (Lipinski definition) is 6. The van der Waals surface area contributed by atoms with E-state index in [1.165, 1.54) is 64.2 Å². The van der Waals surface area contributed by atoms with Gasteiger partial charge in [-0.3, -0.25) is 43.5 Å². The Labute approximate surface area is 777 Å². The van der Waals surface area contributed by atoms with Crippen LogP contribution in [0.25, 0.3) is 0 Å². The standard InChI is InChI=1S/C37H50N4O3.C36H50N4O3.C35H47FN4O4/c1-26-7-10-28(11-8-26)35(42)38-34-24-30-12-9-27(25-39-21-17-31(18-22-39)37(2,3)44)23-33(30)41(34)32-15-13-29(14-16-32)36(43)40-19-5-4-6-20-40;1-24-7-10-26(11-8-24)33(41)37-32-22-28-12-9-25(23-39-19-17-29(18-20-39)36(5,6)43)21-31(28)40(32)30-15-13-27(14-16-30)34(42)38-35(2,3)4;1-34(2,22-41)38-33(43)25-9-13-29(14-10-25)40-30-19-23(21-39-17-15-27(16-18-39)35(3,4)44)5-6-26(30)20-31(40)37-32(42)24-7-11-28(36)12-8-24/h7-12,23,29,31-32,44H,4-6,13-22,24-25H2,1-3H3;7-12,21,27,29-30,43H,13-20,22-23H2,1-6H3,(H,38,42);5-8,11-12,19,25,27,29,41,44H,9-10,13-18,20-22H2,1-4H3,(H,38,43). The molecule has 0 aromatic heterocycles. The first-order chi connectivity index (χ1) is 62.2. The van der Waals surface area contributed by atoms with Gasteiger partial charge in [-0.1, -0.05) is 71.8 Å². The summed E-state index contributed by atoms with van der Waals surface area (Å²) in [4.78, 5) is 109. The third-order valence-electron chi connectivity index (χ3n) is 29.8. The van der Waals surface area contributed by atoms with Gasteiger partial charge < -0.3 is 50.7 Å². The molecule has 0 unspecified atom stereocenters. The number of likely N-dealkylation sites (tertiary alicyclic amines) is 4. The number of halogens is 1. The minimum Gasteiger partial charge on any atom is -0.394 e. The molecule has 6 N–H and O–H groups in total. The fraction of sp³-hybridized carbons (Fsp3) is 0.583. The van der Waals surface area contributed by atoms with E-state index in [2.05, 4.69) is 105 Å². The van der Waals surface area contributed by atoms with Gasteiger partial charge in [0.05, 0.1) is 28.9 Å². The number of nitrogens with one attached hydrogen (secondary N) is 2. The van der Waals surface area contributed by atoms with Crippen molar-refractivity contribution in [3.8, 4) is 0 Å². The first-order valence-corrected chi connectivity index (χ1v) is 49.1. The molecule has 0 spiro atoms. The van der Waals surface area contributed by atoms with Crippen LogP contribution in [-0.4, -0.2) is 198 Å². The predicted octanol–water partition coefficient (Wildman–Crippen LogP) is 17.1. The molecule has 22 nitrogen and oxygen atoms in total. The van der Waals surface area contributed by atoms with Gasteiger partial charge in [0.25, 0.3) is 17.7 Å². The monoisotopic (exact) mass is 1790 g/mol. The summed E-state index contributed by atoms with van der Waals surface area (Å²) in [5.74, 6) is 2.59. The molecule has 7 heterocycles. The SMILES string of the molecule is CC(C)(CO)NC(=O)C1CCC(N2C(=NC(=O)c3ccc(F)cc3)Cc3ccc(CN4CCC(C(C)(C)O)CC4)cc32)CC1.Cc1ccc(C(=O)N=C2Cc3ccc(CN4CCC(C(C)(C)O)CC4)cc3N2C2CCC(C(=O)N3CCCCC3)CC2)cc1.Cc1ccc(C(=O)N=C2Cc3ccc(CN4CCC(C(C)(C)O)CC4)cc3N2C2CCC(C(=O)NC(C)(C)C)CC2)cc1. The number of aliphatic imine (C=N–C) groups is 3. The van der Waals surface area contributed by atoms with Crippen LogP contribution in [0.1, 0.15) is 287 Å². The number of hydrogen-bond acceptors (Lipinski definition) is 13. The van der Waals surface area contributed by atoms with E-state index in [0.29, 0.717) is 78.3 Å². The lowest BCUT2D eigenvalue weighted by Crippen LogP contribution is -2.50. The Morgan fingerprint density at radius 3 is 0.969 bits per heavy atom. The highest BCUT2D eigenvalue weighted by molar-refractivity contribution is 6.15. The molecule has 16 rings (SSSR count). The molecule has 4 saturated heterocycles. The van der Waals surface area contributed by atoms with Crippen molar-refractivity contribution >= 4 is 70.0 Å². The first-order valence-electron chi connectivity index (χ1n) is 49.1. The van der Waals surface area contributed by atoms with Crippen LogP contribution in [0.2, 0.25) is 0 Å². The maximum Gasteiger partial charge on any atom is 0.278 e. The normalized spacial score (nSPS) is 23.4. The number of fused-ring (bicyclic) bond motifs is 3. The Hall–Kier alpha value is -9.20. The molecule has 0 radical (unpaired) electrons. The minimum atomic E-state index is -0.664. The van der Waals surface area contributed by atoms with Crippen molar-refractivity contribution in [3.05, 3.63) is 194 Å². The average molecular weight is 1790 g/mol. The molecule has 7 aliphatic heterocycles. The summed E-state index contributed by atoms with van der Waals surface area (Å²) >= 11 is 0. The highest BCUT2D eigenvalue weighted by atomic mass is 19.1. The van der Waals surface area contributed by atoms with E-state index < -0.39 is 34.1 Å². The maximum atomic E-state index is 13.5. The van der Waals surface area contributed by atoms with E-state index in [1.807, 2.05) is 139 Å². The van der Waals surface area contributed by atoms with Crippen LogP contribution >= 0.6 is 0 Å². The summed E-state index contributed by atoms with van der Waals surface area (Å²) in [6.07, 6.45) is 21.3. The Balaban J connectivity index is 0.000000158. The van der Waals surface area contributed by atoms with E-state index in [4.69, 9.17) is 9.98 Å². The second kappa shape index (κ2) is 42.2. The van der Waals surface area contributed by atoms with E-state index in [0.717, 1.165) is 227 Å². The van der Waals surface area contributed by atoms with Gasteiger partial charge in [0.15, 0.2) is 0 Å². The maximum absolute atomic E-state index is 13.5.